The second-order valence-electron chi connectivity index (χ2n) is 6.27. The van der Waals surface area contributed by atoms with Crippen molar-refractivity contribution < 1.29 is 4.39 Å². The van der Waals surface area contributed by atoms with Crippen LogP contribution in [0.3, 0.4) is 0 Å². The van der Waals surface area contributed by atoms with Gasteiger partial charge in [-0.25, -0.2) is 4.39 Å². The first-order valence-electron chi connectivity index (χ1n) is 6.16. The van der Waals surface area contributed by atoms with E-state index in [0.29, 0.717) is 24.3 Å². The van der Waals surface area contributed by atoms with Crippen molar-refractivity contribution in [2.45, 2.75) is 39.0 Å². The fourth-order valence-corrected chi connectivity index (χ4v) is 2.81. The number of rotatable bonds is 1. The predicted molar refractivity (Wildman–Crippen MR) is 70.9 cm³/mol. The molecule has 0 bridgehead atoms. The summed E-state index contributed by atoms with van der Waals surface area (Å²) in [5.74, 6) is 0.0172. The lowest BCUT2D eigenvalue weighted by molar-refractivity contribution is 0.0762. The van der Waals surface area contributed by atoms with Gasteiger partial charge >= 0.3 is 0 Å². The van der Waals surface area contributed by atoms with Gasteiger partial charge in [-0.05, 0) is 30.2 Å². The van der Waals surface area contributed by atoms with Crippen LogP contribution in [-0.4, -0.2) is 0 Å². The maximum atomic E-state index is 14.0. The molecule has 18 heavy (non-hydrogen) atoms. The van der Waals surface area contributed by atoms with Crippen LogP contribution >= 0.6 is 11.6 Å². The van der Waals surface area contributed by atoms with Crippen LogP contribution in [0.15, 0.2) is 18.2 Å². The first-order chi connectivity index (χ1) is 8.30. The van der Waals surface area contributed by atoms with E-state index in [-0.39, 0.29) is 10.4 Å². The Morgan fingerprint density at radius 1 is 1.39 bits per heavy atom. The second-order valence-corrected chi connectivity index (χ2v) is 6.67. The van der Waals surface area contributed by atoms with Crippen molar-refractivity contribution in [1.82, 2.24) is 0 Å². The van der Waals surface area contributed by atoms with Gasteiger partial charge in [-0.3, -0.25) is 0 Å². The van der Waals surface area contributed by atoms with E-state index in [1.165, 1.54) is 6.07 Å². The Bertz CT molecular complexity index is 504. The summed E-state index contributed by atoms with van der Waals surface area (Å²) in [6.45, 7) is 6.48. The Hall–Kier alpha value is -1.07. The lowest BCUT2D eigenvalue weighted by atomic mass is 9.53. The predicted octanol–water partition coefficient (Wildman–Crippen LogP) is 4.70. The number of hydrogen-bond acceptors (Lipinski definition) is 1. The van der Waals surface area contributed by atoms with Crippen molar-refractivity contribution in [3.8, 4) is 6.07 Å². The number of nitrogens with zero attached hydrogens (tertiary/aromatic N) is 1. The van der Waals surface area contributed by atoms with Gasteiger partial charge in [0.05, 0.1) is 16.5 Å². The van der Waals surface area contributed by atoms with Crippen LogP contribution in [0.5, 0.6) is 0 Å². The molecule has 3 heteroatoms. The average Bonchev–Trinajstić information content (AvgIpc) is 2.21. The maximum Gasteiger partial charge on any atom is 0.146 e. The van der Waals surface area contributed by atoms with Crippen molar-refractivity contribution in [3.63, 3.8) is 0 Å². The van der Waals surface area contributed by atoms with E-state index in [0.717, 1.165) is 0 Å². The van der Waals surface area contributed by atoms with Crippen LogP contribution in [0, 0.1) is 28.5 Å². The molecular formula is C15H17ClFN. The molecule has 0 aliphatic heterocycles. The number of nitriles is 1. The Morgan fingerprint density at radius 2 is 2.00 bits per heavy atom. The summed E-state index contributed by atoms with van der Waals surface area (Å²) in [6, 6.07) is 7.22. The van der Waals surface area contributed by atoms with Crippen LogP contribution in [0.4, 0.5) is 4.39 Å². The third-order valence-electron chi connectivity index (χ3n) is 4.10. The molecular weight excluding hydrogens is 249 g/mol. The summed E-state index contributed by atoms with van der Waals surface area (Å²) in [7, 11) is 0. The van der Waals surface area contributed by atoms with Gasteiger partial charge in [-0.2, -0.15) is 5.26 Å². The van der Waals surface area contributed by atoms with Crippen molar-refractivity contribution in [2.75, 3.05) is 0 Å². The Labute approximate surface area is 113 Å². The average molecular weight is 266 g/mol. The normalized spacial score (nSPS) is 27.4. The zero-order chi connectivity index (χ0) is 13.6. The largest absolute Gasteiger partial charge is 0.205 e. The molecule has 0 N–H and O–H groups in total. The van der Waals surface area contributed by atoms with Crippen LogP contribution in [0.25, 0.3) is 0 Å². The Balaban J connectivity index is 2.33. The number of hydrogen-bond donors (Lipinski definition) is 0. The van der Waals surface area contributed by atoms with Gasteiger partial charge in [0, 0.05) is 5.56 Å². The molecule has 1 aliphatic carbocycles. The van der Waals surface area contributed by atoms with Gasteiger partial charge in [-0.1, -0.05) is 44.5 Å². The fourth-order valence-electron chi connectivity index (χ4n) is 2.64. The van der Waals surface area contributed by atoms with E-state index >= 15 is 0 Å². The first-order valence-corrected chi connectivity index (χ1v) is 6.54. The standard InChI is InChI=1S/C15H17ClFN/c1-14(2,3)10-7-15(8-10,9-18)11-5-4-6-12(16)13(11)17/h4-6,10H,7-8H2,1-3H3. The minimum absolute atomic E-state index is 0.0985. The topological polar surface area (TPSA) is 23.8 Å². The minimum atomic E-state index is -0.688. The third kappa shape index (κ3) is 2.01. The summed E-state index contributed by atoms with van der Waals surface area (Å²) in [5, 5.41) is 9.53. The molecule has 2 rings (SSSR count). The second kappa shape index (κ2) is 4.24. The summed E-state index contributed by atoms with van der Waals surface area (Å²) in [4.78, 5) is 0. The van der Waals surface area contributed by atoms with Crippen LogP contribution in [0.2, 0.25) is 5.02 Å². The molecule has 0 amide bonds. The number of halogens is 2. The van der Waals surface area contributed by atoms with Crippen molar-refractivity contribution in [2.24, 2.45) is 11.3 Å². The smallest absolute Gasteiger partial charge is 0.146 e. The molecule has 1 aromatic rings. The highest BCUT2D eigenvalue weighted by Gasteiger charge is 2.51. The molecule has 1 aliphatic rings. The van der Waals surface area contributed by atoms with E-state index < -0.39 is 11.2 Å². The molecule has 0 heterocycles. The summed E-state index contributed by atoms with van der Waals surface area (Å²) >= 11 is 5.80. The van der Waals surface area contributed by atoms with Gasteiger partial charge in [0.15, 0.2) is 0 Å². The summed E-state index contributed by atoms with van der Waals surface area (Å²) in [5.41, 5.74) is -0.0690. The van der Waals surface area contributed by atoms with E-state index in [4.69, 9.17) is 11.6 Å². The van der Waals surface area contributed by atoms with Crippen molar-refractivity contribution in [1.29, 1.82) is 5.26 Å². The zero-order valence-electron chi connectivity index (χ0n) is 10.9. The molecule has 0 atom stereocenters. The van der Waals surface area contributed by atoms with Crippen LogP contribution < -0.4 is 0 Å². The van der Waals surface area contributed by atoms with Gasteiger partial charge in [0.25, 0.3) is 0 Å². The molecule has 0 spiro atoms. The van der Waals surface area contributed by atoms with Crippen molar-refractivity contribution >= 4 is 11.6 Å². The van der Waals surface area contributed by atoms with Gasteiger partial charge in [0.1, 0.15) is 5.82 Å². The SMILES string of the molecule is CC(C)(C)C1CC(C#N)(c2cccc(Cl)c2F)C1. The lowest BCUT2D eigenvalue weighted by Crippen LogP contribution is -2.46. The molecule has 96 valence electrons. The van der Waals surface area contributed by atoms with E-state index in [2.05, 4.69) is 26.8 Å². The summed E-state index contributed by atoms with van der Waals surface area (Å²) in [6.07, 6.45) is 1.43. The Kier molecular flexibility index (Phi) is 3.15. The van der Waals surface area contributed by atoms with Crippen molar-refractivity contribution in [3.05, 3.63) is 34.6 Å². The highest BCUT2D eigenvalue weighted by Crippen LogP contribution is 2.54. The van der Waals surface area contributed by atoms with E-state index in [1.54, 1.807) is 12.1 Å². The monoisotopic (exact) mass is 265 g/mol. The quantitative estimate of drug-likeness (QED) is 0.722. The lowest BCUT2D eigenvalue weighted by Gasteiger charge is -2.49. The van der Waals surface area contributed by atoms with E-state index in [1.807, 2.05) is 0 Å². The van der Waals surface area contributed by atoms with Crippen LogP contribution in [-0.2, 0) is 5.41 Å². The molecule has 1 nitrogen and oxygen atoms in total. The van der Waals surface area contributed by atoms with Gasteiger partial charge in [-0.15, -0.1) is 0 Å². The highest BCUT2D eigenvalue weighted by atomic mass is 35.5. The van der Waals surface area contributed by atoms with Gasteiger partial charge < -0.3 is 0 Å². The third-order valence-corrected chi connectivity index (χ3v) is 4.39. The molecule has 1 aromatic carbocycles. The van der Waals surface area contributed by atoms with E-state index in [9.17, 15) is 9.65 Å². The maximum absolute atomic E-state index is 14.0. The molecule has 0 radical (unpaired) electrons. The first kappa shape index (κ1) is 13.4. The fraction of sp³-hybridized carbons (Fsp3) is 0.533. The van der Waals surface area contributed by atoms with Crippen LogP contribution in [0.1, 0.15) is 39.2 Å². The molecule has 0 aromatic heterocycles. The molecule has 0 saturated heterocycles. The number of benzene rings is 1. The Morgan fingerprint density at radius 3 is 2.50 bits per heavy atom. The van der Waals surface area contributed by atoms with Gasteiger partial charge in [0.2, 0.25) is 0 Å². The minimum Gasteiger partial charge on any atom is -0.205 e. The molecule has 1 saturated carbocycles. The molecule has 0 unspecified atom stereocenters. The highest BCUT2D eigenvalue weighted by molar-refractivity contribution is 6.30. The zero-order valence-corrected chi connectivity index (χ0v) is 11.7. The molecule has 1 fully saturated rings. The summed E-state index contributed by atoms with van der Waals surface area (Å²) < 4.78 is 14.0.